The monoisotopic (exact) mass is 694 g/mol. The quantitative estimate of drug-likeness (QED) is 0.107. The van der Waals surface area contributed by atoms with Crippen LogP contribution in [0.4, 0.5) is 31.1 Å². The molecule has 0 aliphatic rings. The van der Waals surface area contributed by atoms with Crippen LogP contribution in [0.1, 0.15) is 83.2 Å². The number of alkyl halides is 6. The van der Waals surface area contributed by atoms with E-state index in [9.17, 15) is 40.5 Å². The van der Waals surface area contributed by atoms with Crippen LogP contribution < -0.4 is 10.0 Å². The van der Waals surface area contributed by atoms with Crippen molar-refractivity contribution in [2.75, 3.05) is 13.7 Å². The van der Waals surface area contributed by atoms with Gasteiger partial charge in [-0.3, -0.25) is 5.32 Å². The Morgan fingerprint density at radius 1 is 0.894 bits per heavy atom. The Hall–Kier alpha value is -3.27. The molecule has 0 unspecified atom stereocenters. The molecule has 262 valence electrons. The van der Waals surface area contributed by atoms with Gasteiger partial charge in [-0.05, 0) is 84.2 Å². The Bertz CT molecular complexity index is 1370. The lowest BCUT2D eigenvalue weighted by molar-refractivity contribution is -0.143. The maximum Gasteiger partial charge on any atom is 0.416 e. The second kappa shape index (κ2) is 15.3. The van der Waals surface area contributed by atoms with Crippen molar-refractivity contribution in [3.63, 3.8) is 0 Å². The molecule has 0 heterocycles. The second-order valence-electron chi connectivity index (χ2n) is 12.7. The van der Waals surface area contributed by atoms with E-state index in [4.69, 9.17) is 14.2 Å². The molecule has 0 aromatic heterocycles. The van der Waals surface area contributed by atoms with Gasteiger partial charge in [-0.25, -0.2) is 9.59 Å². The van der Waals surface area contributed by atoms with Gasteiger partial charge in [-0.2, -0.15) is 26.3 Å². The number of alkyl carbamates (subject to hydrolysis) is 1. The molecule has 1 amide bonds. The molecule has 0 bridgehead atoms. The largest absolute Gasteiger partial charge is 0.598 e. The van der Waals surface area contributed by atoms with Crippen LogP contribution >= 0.6 is 0 Å². The highest BCUT2D eigenvalue weighted by Crippen LogP contribution is 2.39. The van der Waals surface area contributed by atoms with Crippen molar-refractivity contribution in [3.8, 4) is 0 Å². The molecular weight excluding hydrogens is 654 g/mol. The number of ether oxygens (including phenoxy) is 3. The molecule has 15 heteroatoms. The first-order valence-electron chi connectivity index (χ1n) is 14.3. The van der Waals surface area contributed by atoms with Gasteiger partial charge in [0.05, 0.1) is 30.9 Å². The number of halogens is 6. The highest BCUT2D eigenvalue weighted by atomic mass is 32.2. The molecule has 8 nitrogen and oxygen atoms in total. The molecule has 0 aliphatic heterocycles. The number of methoxy groups -OCH3 is 1. The first kappa shape index (κ1) is 39.9. The molecule has 0 radical (unpaired) electrons. The van der Waals surface area contributed by atoms with Crippen molar-refractivity contribution >= 4 is 23.4 Å². The third-order valence-electron chi connectivity index (χ3n) is 6.53. The average Bonchev–Trinajstić information content (AvgIpc) is 2.95. The molecule has 0 saturated heterocycles. The third-order valence-corrected chi connectivity index (χ3v) is 8.21. The Balaban J connectivity index is 2.67. The molecule has 2 aromatic carbocycles. The smallest absolute Gasteiger partial charge is 0.416 e. The maximum atomic E-state index is 13.6. The fraction of sp³-hybridized carbons (Fsp3) is 0.500. The Labute approximate surface area is 273 Å². The number of hydrogen-bond acceptors (Lipinski definition) is 7. The van der Waals surface area contributed by atoms with E-state index in [0.717, 1.165) is 7.11 Å². The van der Waals surface area contributed by atoms with Crippen LogP contribution in [0.2, 0.25) is 0 Å². The number of nitrogens with one attached hydrogen (secondary N) is 2. The van der Waals surface area contributed by atoms with Gasteiger partial charge in [-0.15, -0.1) is 4.72 Å². The van der Waals surface area contributed by atoms with E-state index in [-0.39, 0.29) is 18.2 Å². The number of carbonyl (C=O) groups is 2. The topological polar surface area (TPSA) is 109 Å². The minimum Gasteiger partial charge on any atom is -0.598 e. The Morgan fingerprint density at radius 2 is 1.43 bits per heavy atom. The Morgan fingerprint density at radius 3 is 1.87 bits per heavy atom. The summed E-state index contributed by atoms with van der Waals surface area (Å²) in [7, 11) is 1.08. The van der Waals surface area contributed by atoms with Gasteiger partial charge >= 0.3 is 24.4 Å². The lowest BCUT2D eigenvalue weighted by Crippen LogP contribution is -2.54. The summed E-state index contributed by atoms with van der Waals surface area (Å²) < 4.78 is 113. The zero-order chi connectivity index (χ0) is 36.0. The van der Waals surface area contributed by atoms with Crippen molar-refractivity contribution in [2.24, 2.45) is 0 Å². The lowest BCUT2D eigenvalue weighted by atomic mass is 9.87. The van der Waals surface area contributed by atoms with Crippen LogP contribution in [0.25, 0.3) is 0 Å². The van der Waals surface area contributed by atoms with Gasteiger partial charge in [0.1, 0.15) is 21.6 Å². The number of rotatable bonds is 11. The molecule has 0 fully saturated rings. The molecule has 0 saturated carbocycles. The van der Waals surface area contributed by atoms with Gasteiger partial charge in [0.15, 0.2) is 0 Å². The summed E-state index contributed by atoms with van der Waals surface area (Å²) >= 11 is -1.83. The minimum atomic E-state index is -5.06. The van der Waals surface area contributed by atoms with Crippen molar-refractivity contribution in [2.45, 2.75) is 89.2 Å². The molecule has 2 aromatic rings. The number of benzene rings is 2. The first-order valence-corrected chi connectivity index (χ1v) is 15.5. The van der Waals surface area contributed by atoms with E-state index in [2.05, 4.69) is 10.0 Å². The van der Waals surface area contributed by atoms with E-state index >= 15 is 0 Å². The highest BCUT2D eigenvalue weighted by molar-refractivity contribution is 7.90. The third kappa shape index (κ3) is 12.0. The van der Waals surface area contributed by atoms with Gasteiger partial charge in [0.25, 0.3) is 0 Å². The molecule has 0 spiro atoms. The van der Waals surface area contributed by atoms with Gasteiger partial charge < -0.3 is 18.8 Å². The average molecular weight is 695 g/mol. The summed E-state index contributed by atoms with van der Waals surface area (Å²) in [5.41, 5.74) is -5.73. The van der Waals surface area contributed by atoms with Crippen LogP contribution in [0, 0.1) is 0 Å². The number of amides is 1. The SMILES string of the molecule is COC(=O)/C(=C/C[C@](CO[C@H](C)c1cc(C(F)(F)F)cc(C(F)(F)F)c1)(N[S@+]([O-])C(C)(C)C)c1ccccc1)NC(=O)OC(C)(C)C. The zero-order valence-corrected chi connectivity index (χ0v) is 28.1. The van der Waals surface area contributed by atoms with Crippen molar-refractivity contribution in [1.29, 1.82) is 0 Å². The fourth-order valence-corrected chi connectivity index (χ4v) is 4.96. The first-order chi connectivity index (χ1) is 21.4. The summed E-state index contributed by atoms with van der Waals surface area (Å²) in [4.78, 5) is 25.2. The number of hydrogen-bond donors (Lipinski definition) is 2. The molecule has 47 heavy (non-hydrogen) atoms. The van der Waals surface area contributed by atoms with E-state index in [0.29, 0.717) is 17.7 Å². The van der Waals surface area contributed by atoms with Crippen LogP contribution in [0.3, 0.4) is 0 Å². The van der Waals surface area contributed by atoms with Gasteiger partial charge in [0.2, 0.25) is 0 Å². The summed E-state index contributed by atoms with van der Waals surface area (Å²) in [5, 5.41) is 2.33. The van der Waals surface area contributed by atoms with E-state index in [1.54, 1.807) is 71.9 Å². The molecule has 2 N–H and O–H groups in total. The van der Waals surface area contributed by atoms with Crippen LogP contribution in [0.5, 0.6) is 0 Å². The van der Waals surface area contributed by atoms with Gasteiger partial charge in [-0.1, -0.05) is 36.4 Å². The zero-order valence-electron chi connectivity index (χ0n) is 27.3. The summed E-state index contributed by atoms with van der Waals surface area (Å²) in [6.45, 7) is 10.7. The van der Waals surface area contributed by atoms with E-state index in [1.165, 1.54) is 13.0 Å². The second-order valence-corrected chi connectivity index (χ2v) is 14.6. The van der Waals surface area contributed by atoms with Crippen LogP contribution in [-0.4, -0.2) is 40.7 Å². The predicted molar refractivity (Wildman–Crippen MR) is 164 cm³/mol. The van der Waals surface area contributed by atoms with Crippen LogP contribution in [-0.2, 0) is 48.3 Å². The summed E-state index contributed by atoms with van der Waals surface area (Å²) in [5.74, 6) is -0.951. The minimum absolute atomic E-state index is 0.0231. The fourth-order valence-electron chi connectivity index (χ4n) is 4.04. The standard InChI is InChI=1S/C32H40F6N2O6S/c1-20(21-16-23(31(33,34)35)18-24(17-21)32(36,37)38)45-19-30(22-12-10-9-11-13-22,40-47(43)29(5,6)7)15-14-25(26(41)44-8)39-27(42)46-28(2,3)4/h9-14,16-18,20,40H,15,19H2,1-8H3,(H,39,42)/b25-14-/t20-,30-,47-/m1/s1. The molecular formula is C32H40F6N2O6S. The normalized spacial score (nSPS) is 15.8. The summed E-state index contributed by atoms with van der Waals surface area (Å²) in [6, 6.07) is 9.45. The molecule has 2 rings (SSSR count). The van der Waals surface area contributed by atoms with Crippen molar-refractivity contribution in [1.82, 2.24) is 10.0 Å². The van der Waals surface area contributed by atoms with Crippen LogP contribution in [0.15, 0.2) is 60.3 Å². The lowest BCUT2D eigenvalue weighted by Gasteiger charge is -2.38. The molecule has 0 aliphatic carbocycles. The van der Waals surface area contributed by atoms with Crippen molar-refractivity contribution in [3.05, 3.63) is 82.6 Å². The molecule has 3 atom stereocenters. The predicted octanol–water partition coefficient (Wildman–Crippen LogP) is 7.72. The maximum absolute atomic E-state index is 13.6. The van der Waals surface area contributed by atoms with E-state index in [1.807, 2.05) is 0 Å². The van der Waals surface area contributed by atoms with E-state index < -0.39 is 81.1 Å². The van der Waals surface area contributed by atoms with Crippen molar-refractivity contribution < 1.29 is 54.7 Å². The highest BCUT2D eigenvalue weighted by Gasteiger charge is 2.42. The number of carbonyl (C=O) groups excluding carboxylic acids is 2. The summed E-state index contributed by atoms with van der Waals surface area (Å²) in [6.07, 6.45) is -11.4. The number of esters is 1. The Kier molecular flexibility index (Phi) is 13.0. The van der Waals surface area contributed by atoms with Gasteiger partial charge in [0, 0.05) is 11.4 Å².